The molecule has 0 amide bonds. The lowest BCUT2D eigenvalue weighted by atomic mass is 10.2. The van der Waals surface area contributed by atoms with Gasteiger partial charge >= 0.3 is 5.69 Å². The highest BCUT2D eigenvalue weighted by molar-refractivity contribution is 7.80. The summed E-state index contributed by atoms with van der Waals surface area (Å²) >= 11 is 4.07. The number of nitrogen functional groups attached to an aromatic ring is 1. The second-order valence-corrected chi connectivity index (χ2v) is 4.10. The highest BCUT2D eigenvalue weighted by atomic mass is 32.1. The van der Waals surface area contributed by atoms with Crippen molar-refractivity contribution in [2.24, 2.45) is 0 Å². The first-order chi connectivity index (χ1) is 8.67. The maximum atomic E-state index is 11.8. The fraction of sp³-hybridized carbons (Fsp3) is 0.273. The predicted octanol–water partition coefficient (Wildman–Crippen LogP) is 0.364. The largest absolute Gasteiger partial charge is 0.497 e. The van der Waals surface area contributed by atoms with Crippen LogP contribution in [0.5, 0.6) is 5.75 Å². The Labute approximate surface area is 109 Å². The lowest BCUT2D eigenvalue weighted by Crippen LogP contribution is -2.30. The van der Waals surface area contributed by atoms with E-state index in [2.05, 4.69) is 17.7 Å². The molecule has 0 spiro atoms. The molecular weight excluding hydrogens is 252 g/mol. The van der Waals surface area contributed by atoms with E-state index in [1.165, 1.54) is 4.68 Å². The van der Waals surface area contributed by atoms with Crippen molar-refractivity contribution < 1.29 is 4.74 Å². The average Bonchev–Trinajstić information content (AvgIpc) is 2.68. The number of rotatable bonds is 4. The van der Waals surface area contributed by atoms with Gasteiger partial charge in [-0.3, -0.25) is 0 Å². The zero-order chi connectivity index (χ0) is 13.1. The minimum atomic E-state index is -0.352. The van der Waals surface area contributed by atoms with E-state index >= 15 is 0 Å². The summed E-state index contributed by atoms with van der Waals surface area (Å²) in [5.74, 6) is 7.38. The predicted molar refractivity (Wildman–Crippen MR) is 72.5 cm³/mol. The summed E-state index contributed by atoms with van der Waals surface area (Å²) in [5.41, 5.74) is 0.406. The van der Waals surface area contributed by atoms with E-state index < -0.39 is 0 Å². The molecule has 0 aliphatic heterocycles. The van der Waals surface area contributed by atoms with Gasteiger partial charge in [0.05, 0.1) is 13.7 Å². The third kappa shape index (κ3) is 2.21. The van der Waals surface area contributed by atoms with E-state index in [-0.39, 0.29) is 5.69 Å². The highest BCUT2D eigenvalue weighted by Gasteiger charge is 2.12. The molecule has 0 unspecified atom stereocenters. The third-order valence-electron chi connectivity index (χ3n) is 2.53. The quantitative estimate of drug-likeness (QED) is 0.619. The van der Waals surface area contributed by atoms with Crippen LogP contribution in [0.15, 0.2) is 29.1 Å². The summed E-state index contributed by atoms with van der Waals surface area (Å²) in [6, 6.07) is 7.18. The Kier molecular flexibility index (Phi) is 3.61. The lowest BCUT2D eigenvalue weighted by Gasteiger charge is -2.01. The Balaban J connectivity index is 2.43. The molecule has 0 saturated heterocycles. The zero-order valence-electron chi connectivity index (χ0n) is 9.91. The van der Waals surface area contributed by atoms with E-state index in [1.807, 2.05) is 0 Å². The minimum absolute atomic E-state index is 0.352. The van der Waals surface area contributed by atoms with Crippen LogP contribution in [0, 0.1) is 0 Å². The van der Waals surface area contributed by atoms with Crippen LogP contribution in [-0.4, -0.2) is 27.3 Å². The summed E-state index contributed by atoms with van der Waals surface area (Å²) in [6.45, 7) is 0.426. The van der Waals surface area contributed by atoms with Crippen LogP contribution < -0.4 is 16.3 Å². The molecule has 1 heterocycles. The van der Waals surface area contributed by atoms with Crippen molar-refractivity contribution in [1.82, 2.24) is 14.5 Å². The van der Waals surface area contributed by atoms with E-state index in [1.54, 1.807) is 31.4 Å². The van der Waals surface area contributed by atoms with Crippen LogP contribution in [0.4, 0.5) is 0 Å². The molecule has 6 nitrogen and oxygen atoms in total. The van der Waals surface area contributed by atoms with Gasteiger partial charge in [-0.15, -0.1) is 5.10 Å². The van der Waals surface area contributed by atoms with E-state index in [0.717, 1.165) is 16.0 Å². The van der Waals surface area contributed by atoms with Crippen molar-refractivity contribution in [1.29, 1.82) is 0 Å². The van der Waals surface area contributed by atoms with Gasteiger partial charge in [0.15, 0.2) is 5.82 Å². The maximum absolute atomic E-state index is 11.8. The summed E-state index contributed by atoms with van der Waals surface area (Å²) in [7, 11) is 1.59. The Hall–Kier alpha value is -1.89. The van der Waals surface area contributed by atoms with Crippen LogP contribution in [0.3, 0.4) is 0 Å². The van der Waals surface area contributed by atoms with Crippen molar-refractivity contribution in [3.8, 4) is 17.1 Å². The van der Waals surface area contributed by atoms with Gasteiger partial charge in [-0.2, -0.15) is 17.3 Å². The van der Waals surface area contributed by atoms with Crippen LogP contribution in [0.1, 0.15) is 0 Å². The van der Waals surface area contributed by atoms with E-state index in [9.17, 15) is 4.79 Å². The summed E-state index contributed by atoms with van der Waals surface area (Å²) in [4.78, 5) is 11.8. The Morgan fingerprint density at radius 3 is 2.61 bits per heavy atom. The van der Waals surface area contributed by atoms with Gasteiger partial charge in [0, 0.05) is 11.3 Å². The first kappa shape index (κ1) is 12.6. The molecule has 0 bridgehead atoms. The maximum Gasteiger partial charge on any atom is 0.364 e. The number of methoxy groups -OCH3 is 1. The number of nitrogens with two attached hydrogens (primary N) is 1. The standard InChI is InChI=1S/C11H14N4O2S/c1-17-9-4-2-8(3-5-9)10-13-14(6-7-18)11(16)15(10)12/h2-5,18H,6-7,12H2,1H3. The molecular formula is C11H14N4O2S. The molecule has 2 aromatic rings. The van der Waals surface area contributed by atoms with Gasteiger partial charge in [0.1, 0.15) is 5.75 Å². The molecule has 1 aromatic carbocycles. The smallest absolute Gasteiger partial charge is 0.364 e. The Bertz CT molecular complexity index is 588. The van der Waals surface area contributed by atoms with Gasteiger partial charge in [0.25, 0.3) is 0 Å². The number of ether oxygens (including phenoxy) is 1. The molecule has 0 saturated carbocycles. The number of aryl methyl sites for hydroxylation is 1. The van der Waals surface area contributed by atoms with Gasteiger partial charge < -0.3 is 10.6 Å². The molecule has 0 atom stereocenters. The fourth-order valence-corrected chi connectivity index (χ4v) is 1.79. The molecule has 1 aromatic heterocycles. The molecule has 2 rings (SSSR count). The van der Waals surface area contributed by atoms with Crippen LogP contribution in [0.2, 0.25) is 0 Å². The SMILES string of the molecule is COc1ccc(-c2nn(CCS)c(=O)n2N)cc1. The van der Waals surface area contributed by atoms with E-state index in [0.29, 0.717) is 18.1 Å². The number of hydrogen-bond acceptors (Lipinski definition) is 5. The molecule has 96 valence electrons. The minimum Gasteiger partial charge on any atom is -0.497 e. The van der Waals surface area contributed by atoms with Crippen molar-refractivity contribution >= 4 is 12.6 Å². The average molecular weight is 266 g/mol. The van der Waals surface area contributed by atoms with Crippen LogP contribution >= 0.6 is 12.6 Å². The normalized spacial score (nSPS) is 10.6. The van der Waals surface area contributed by atoms with Crippen LogP contribution in [0.25, 0.3) is 11.4 Å². The topological polar surface area (TPSA) is 75.1 Å². The summed E-state index contributed by atoms with van der Waals surface area (Å²) in [5, 5.41) is 4.18. The zero-order valence-corrected chi connectivity index (χ0v) is 10.8. The molecule has 0 radical (unpaired) electrons. The van der Waals surface area contributed by atoms with Gasteiger partial charge in [-0.1, -0.05) is 0 Å². The third-order valence-corrected chi connectivity index (χ3v) is 2.73. The molecule has 0 fully saturated rings. The number of hydrogen-bond donors (Lipinski definition) is 2. The molecule has 18 heavy (non-hydrogen) atoms. The lowest BCUT2D eigenvalue weighted by molar-refractivity contribution is 0.415. The van der Waals surface area contributed by atoms with Gasteiger partial charge in [-0.25, -0.2) is 9.48 Å². The summed E-state index contributed by atoms with van der Waals surface area (Å²) in [6.07, 6.45) is 0. The van der Waals surface area contributed by atoms with Crippen molar-refractivity contribution in [3.63, 3.8) is 0 Å². The van der Waals surface area contributed by atoms with Gasteiger partial charge in [-0.05, 0) is 24.3 Å². The van der Waals surface area contributed by atoms with Crippen molar-refractivity contribution in [3.05, 3.63) is 34.7 Å². The first-order valence-electron chi connectivity index (χ1n) is 5.37. The Morgan fingerprint density at radius 1 is 1.39 bits per heavy atom. The number of thiol groups is 1. The number of benzene rings is 1. The number of nitrogens with zero attached hydrogens (tertiary/aromatic N) is 3. The Morgan fingerprint density at radius 2 is 2.06 bits per heavy atom. The molecule has 0 aliphatic carbocycles. The second kappa shape index (κ2) is 5.18. The first-order valence-corrected chi connectivity index (χ1v) is 6.01. The van der Waals surface area contributed by atoms with Crippen LogP contribution in [-0.2, 0) is 6.54 Å². The fourth-order valence-electron chi connectivity index (χ4n) is 1.60. The van der Waals surface area contributed by atoms with E-state index in [4.69, 9.17) is 10.6 Å². The molecule has 2 N–H and O–H groups in total. The summed E-state index contributed by atoms with van der Waals surface area (Å²) < 4.78 is 7.40. The molecule has 7 heteroatoms. The number of aromatic nitrogens is 3. The highest BCUT2D eigenvalue weighted by Crippen LogP contribution is 2.18. The second-order valence-electron chi connectivity index (χ2n) is 3.65. The van der Waals surface area contributed by atoms with Gasteiger partial charge in [0.2, 0.25) is 0 Å². The van der Waals surface area contributed by atoms with Crippen molar-refractivity contribution in [2.45, 2.75) is 6.54 Å². The monoisotopic (exact) mass is 266 g/mol. The van der Waals surface area contributed by atoms with Crippen molar-refractivity contribution in [2.75, 3.05) is 18.7 Å². The molecule has 0 aliphatic rings.